The number of hydrogen-bond acceptors (Lipinski definition) is 4. The van der Waals surface area contributed by atoms with Crippen molar-refractivity contribution < 1.29 is 9.53 Å². The largest absolute Gasteiger partial charge is 0.480 e. The molecule has 0 radical (unpaired) electrons. The molecule has 3 rings (SSSR count). The Bertz CT molecular complexity index is 621. The second kappa shape index (κ2) is 7.63. The average Bonchev–Trinajstić information content (AvgIpc) is 3.03. The molecule has 1 aromatic carbocycles. The van der Waals surface area contributed by atoms with Gasteiger partial charge in [0.15, 0.2) is 6.10 Å². The van der Waals surface area contributed by atoms with Crippen LogP contribution in [0.2, 0.25) is 0 Å². The highest BCUT2D eigenvalue weighted by molar-refractivity contribution is 5.82. The lowest BCUT2D eigenvalue weighted by molar-refractivity contribution is -0.127. The minimum atomic E-state index is -0.390. The third-order valence-electron chi connectivity index (χ3n) is 3.81. The summed E-state index contributed by atoms with van der Waals surface area (Å²) >= 11 is 0. The van der Waals surface area contributed by atoms with Crippen molar-refractivity contribution in [2.24, 2.45) is 0 Å². The van der Waals surface area contributed by atoms with Gasteiger partial charge in [0, 0.05) is 25.7 Å². The van der Waals surface area contributed by atoms with Crippen LogP contribution < -0.4 is 15.4 Å². The summed E-state index contributed by atoms with van der Waals surface area (Å²) in [6.45, 7) is 1.51. The van der Waals surface area contributed by atoms with E-state index in [4.69, 9.17) is 4.74 Å². The van der Waals surface area contributed by atoms with E-state index in [1.165, 1.54) is 0 Å². The molecule has 0 spiro atoms. The van der Waals surface area contributed by atoms with Gasteiger partial charge in [0.1, 0.15) is 11.6 Å². The molecule has 0 saturated heterocycles. The molecule has 1 aliphatic rings. The molecule has 0 aliphatic carbocycles. The molecule has 5 heteroatoms. The Morgan fingerprint density at radius 1 is 1.13 bits per heavy atom. The fraction of sp³-hybridized carbons (Fsp3) is 0.333. The van der Waals surface area contributed by atoms with E-state index in [0.29, 0.717) is 13.0 Å². The number of nitrogens with one attached hydrogen (secondary N) is 2. The molecular formula is C18H21N3O2. The monoisotopic (exact) mass is 311 g/mol. The maximum absolute atomic E-state index is 12.1. The summed E-state index contributed by atoms with van der Waals surface area (Å²) in [6.07, 6.45) is 3.93. The zero-order valence-corrected chi connectivity index (χ0v) is 13.0. The van der Waals surface area contributed by atoms with E-state index in [2.05, 4.69) is 15.6 Å². The highest BCUT2D eigenvalue weighted by Crippen LogP contribution is 2.28. The van der Waals surface area contributed by atoms with Crippen molar-refractivity contribution in [2.75, 3.05) is 18.4 Å². The minimum absolute atomic E-state index is 0.0288. The molecule has 2 aromatic rings. The number of para-hydroxylation sites is 1. The Hall–Kier alpha value is -2.56. The summed E-state index contributed by atoms with van der Waals surface area (Å²) in [4.78, 5) is 16.3. The van der Waals surface area contributed by atoms with Crippen LogP contribution in [0.4, 0.5) is 5.82 Å². The predicted molar refractivity (Wildman–Crippen MR) is 89.5 cm³/mol. The van der Waals surface area contributed by atoms with Gasteiger partial charge in [-0.2, -0.15) is 0 Å². The van der Waals surface area contributed by atoms with Crippen molar-refractivity contribution in [2.45, 2.75) is 25.4 Å². The summed E-state index contributed by atoms with van der Waals surface area (Å²) in [5.41, 5.74) is 1.10. The van der Waals surface area contributed by atoms with Gasteiger partial charge in [-0.25, -0.2) is 4.98 Å². The number of ether oxygens (including phenoxy) is 1. The Morgan fingerprint density at radius 2 is 1.96 bits per heavy atom. The first-order valence-electron chi connectivity index (χ1n) is 8.00. The number of aromatic nitrogens is 1. The van der Waals surface area contributed by atoms with Crippen LogP contribution in [0.3, 0.4) is 0 Å². The number of fused-ring (bicyclic) bond motifs is 1. The van der Waals surface area contributed by atoms with E-state index < -0.39 is 0 Å². The van der Waals surface area contributed by atoms with Crippen molar-refractivity contribution in [3.05, 3.63) is 54.2 Å². The molecule has 120 valence electrons. The van der Waals surface area contributed by atoms with Gasteiger partial charge < -0.3 is 15.4 Å². The summed E-state index contributed by atoms with van der Waals surface area (Å²) in [7, 11) is 0. The molecule has 0 unspecified atom stereocenters. The molecule has 2 N–H and O–H groups in total. The lowest BCUT2D eigenvalue weighted by Gasteiger charge is -2.11. The first-order valence-corrected chi connectivity index (χ1v) is 8.00. The van der Waals surface area contributed by atoms with Crippen LogP contribution in [0.15, 0.2) is 48.7 Å². The average molecular weight is 311 g/mol. The zero-order chi connectivity index (χ0) is 15.9. The van der Waals surface area contributed by atoms with Crippen LogP contribution in [0.25, 0.3) is 0 Å². The fourth-order valence-electron chi connectivity index (χ4n) is 2.59. The third kappa shape index (κ3) is 4.22. The Labute approximate surface area is 136 Å². The number of amides is 1. The number of carbonyl (C=O) groups excluding carboxylic acids is 1. The first-order chi connectivity index (χ1) is 11.3. The van der Waals surface area contributed by atoms with Crippen LogP contribution in [0.1, 0.15) is 18.4 Å². The molecule has 1 atom stereocenters. The molecule has 1 aliphatic heterocycles. The summed E-state index contributed by atoms with van der Waals surface area (Å²) in [6, 6.07) is 13.6. The van der Waals surface area contributed by atoms with Gasteiger partial charge in [-0.1, -0.05) is 24.3 Å². The SMILES string of the molecule is O=C(NCCCCNc1ccccn1)[C@@H]1Cc2ccccc2O1. The van der Waals surface area contributed by atoms with E-state index in [1.54, 1.807) is 6.20 Å². The summed E-state index contributed by atoms with van der Waals surface area (Å²) < 4.78 is 5.67. The lowest BCUT2D eigenvalue weighted by atomic mass is 10.1. The molecule has 2 heterocycles. The van der Waals surface area contributed by atoms with E-state index in [-0.39, 0.29) is 12.0 Å². The molecule has 0 saturated carbocycles. The smallest absolute Gasteiger partial charge is 0.261 e. The lowest BCUT2D eigenvalue weighted by Crippen LogP contribution is -2.37. The van der Waals surface area contributed by atoms with Crippen LogP contribution >= 0.6 is 0 Å². The van der Waals surface area contributed by atoms with Gasteiger partial charge in [-0.15, -0.1) is 0 Å². The normalized spacial score (nSPS) is 15.6. The van der Waals surface area contributed by atoms with Crippen LogP contribution in [-0.2, 0) is 11.2 Å². The van der Waals surface area contributed by atoms with Crippen molar-refractivity contribution in [1.29, 1.82) is 0 Å². The van der Waals surface area contributed by atoms with Crippen LogP contribution in [-0.4, -0.2) is 30.1 Å². The van der Waals surface area contributed by atoms with Crippen molar-refractivity contribution >= 4 is 11.7 Å². The van der Waals surface area contributed by atoms with E-state index in [9.17, 15) is 4.79 Å². The third-order valence-corrected chi connectivity index (χ3v) is 3.81. The Balaban J connectivity index is 1.30. The number of pyridine rings is 1. The molecule has 1 aromatic heterocycles. The van der Waals surface area contributed by atoms with Crippen LogP contribution in [0.5, 0.6) is 5.75 Å². The number of hydrogen-bond donors (Lipinski definition) is 2. The molecular weight excluding hydrogens is 290 g/mol. The highest BCUT2D eigenvalue weighted by Gasteiger charge is 2.28. The number of unbranched alkanes of at least 4 members (excludes halogenated alkanes) is 1. The van der Waals surface area contributed by atoms with Crippen molar-refractivity contribution in [3.63, 3.8) is 0 Å². The number of carbonyl (C=O) groups is 1. The molecule has 23 heavy (non-hydrogen) atoms. The quantitative estimate of drug-likeness (QED) is 0.771. The van der Waals surface area contributed by atoms with Gasteiger partial charge in [0.2, 0.25) is 0 Å². The topological polar surface area (TPSA) is 63.2 Å². The van der Waals surface area contributed by atoms with Crippen molar-refractivity contribution in [1.82, 2.24) is 10.3 Å². The van der Waals surface area contributed by atoms with E-state index >= 15 is 0 Å². The Kier molecular flexibility index (Phi) is 5.09. The fourth-order valence-corrected chi connectivity index (χ4v) is 2.59. The molecule has 5 nitrogen and oxygen atoms in total. The van der Waals surface area contributed by atoms with Crippen LogP contribution in [0, 0.1) is 0 Å². The number of rotatable bonds is 7. The molecule has 0 fully saturated rings. The minimum Gasteiger partial charge on any atom is -0.480 e. The summed E-state index contributed by atoms with van der Waals surface area (Å²) in [5, 5.41) is 6.20. The highest BCUT2D eigenvalue weighted by atomic mass is 16.5. The second-order valence-electron chi connectivity index (χ2n) is 5.56. The molecule has 0 bridgehead atoms. The maximum atomic E-state index is 12.1. The van der Waals surface area contributed by atoms with Crippen molar-refractivity contribution in [3.8, 4) is 5.75 Å². The maximum Gasteiger partial charge on any atom is 0.261 e. The van der Waals surface area contributed by atoms with Gasteiger partial charge in [0.05, 0.1) is 0 Å². The number of nitrogens with zero attached hydrogens (tertiary/aromatic N) is 1. The number of anilines is 1. The second-order valence-corrected chi connectivity index (χ2v) is 5.56. The summed E-state index contributed by atoms with van der Waals surface area (Å²) in [5.74, 6) is 1.68. The first kappa shape index (κ1) is 15.3. The van der Waals surface area contributed by atoms with Gasteiger partial charge in [-0.3, -0.25) is 4.79 Å². The van der Waals surface area contributed by atoms with Gasteiger partial charge in [0.25, 0.3) is 5.91 Å². The van der Waals surface area contributed by atoms with Gasteiger partial charge >= 0.3 is 0 Å². The van der Waals surface area contributed by atoms with E-state index in [1.807, 2.05) is 42.5 Å². The predicted octanol–water partition coefficient (Wildman–Crippen LogP) is 2.39. The number of benzene rings is 1. The Morgan fingerprint density at radius 3 is 2.78 bits per heavy atom. The standard InChI is InChI=1S/C18H21N3O2/c22-18(16-13-14-7-1-2-8-15(14)23-16)21-12-6-5-11-20-17-9-3-4-10-19-17/h1-4,7-10,16H,5-6,11-13H2,(H,19,20)(H,21,22)/t16-/m0/s1. The zero-order valence-electron chi connectivity index (χ0n) is 13.0. The van der Waals surface area contributed by atoms with Gasteiger partial charge in [-0.05, 0) is 36.6 Å². The van der Waals surface area contributed by atoms with E-state index in [0.717, 1.165) is 36.5 Å². The molecule has 1 amide bonds.